The molecule has 0 aliphatic rings. The van der Waals surface area contributed by atoms with Gasteiger partial charge in [-0.1, -0.05) is 36.2 Å². The molecule has 2 N–H and O–H groups in total. The zero-order chi connectivity index (χ0) is 14.7. The Morgan fingerprint density at radius 2 is 2.20 bits per heavy atom. The van der Waals surface area contributed by atoms with Gasteiger partial charge in [0, 0.05) is 12.1 Å². The smallest absolute Gasteiger partial charge is 0.124 e. The molecule has 1 unspecified atom stereocenters. The molecular weight excluding hydrogens is 274 g/mol. The third kappa shape index (κ3) is 2.81. The second-order valence-corrected chi connectivity index (χ2v) is 5.23. The number of hydrogen-bond donors (Lipinski definition) is 1. The van der Waals surface area contributed by atoms with E-state index in [-0.39, 0.29) is 6.04 Å². The molecule has 1 aromatic carbocycles. The van der Waals surface area contributed by atoms with E-state index in [0.29, 0.717) is 5.02 Å². The number of methoxy groups -OCH3 is 1. The van der Waals surface area contributed by atoms with Gasteiger partial charge in [-0.15, -0.1) is 0 Å². The van der Waals surface area contributed by atoms with Crippen molar-refractivity contribution >= 4 is 11.6 Å². The maximum atomic E-state index is 6.41. The van der Waals surface area contributed by atoms with Crippen molar-refractivity contribution in [3.8, 4) is 5.75 Å². The highest BCUT2D eigenvalue weighted by Gasteiger charge is 2.21. The summed E-state index contributed by atoms with van der Waals surface area (Å²) in [6.45, 7) is 4.92. The third-order valence-corrected chi connectivity index (χ3v) is 3.57. The average Bonchev–Trinajstić information content (AvgIpc) is 2.79. The van der Waals surface area contributed by atoms with Crippen LogP contribution in [-0.4, -0.2) is 16.9 Å². The van der Waals surface area contributed by atoms with Crippen molar-refractivity contribution in [2.24, 2.45) is 5.73 Å². The van der Waals surface area contributed by atoms with Crippen molar-refractivity contribution in [3.05, 3.63) is 46.2 Å². The molecule has 4 nitrogen and oxygen atoms in total. The minimum atomic E-state index is -0.355. The van der Waals surface area contributed by atoms with E-state index in [1.165, 1.54) is 0 Å². The number of aryl methyl sites for hydroxylation is 2. The van der Waals surface area contributed by atoms with E-state index in [4.69, 9.17) is 22.1 Å². The fourth-order valence-electron chi connectivity index (χ4n) is 2.32. The van der Waals surface area contributed by atoms with Gasteiger partial charge in [-0.25, -0.2) is 0 Å². The van der Waals surface area contributed by atoms with E-state index in [2.05, 4.69) is 12.0 Å². The summed E-state index contributed by atoms with van der Waals surface area (Å²) in [5.74, 6) is 0.767. The van der Waals surface area contributed by atoms with Crippen molar-refractivity contribution in [3.63, 3.8) is 0 Å². The summed E-state index contributed by atoms with van der Waals surface area (Å²) in [7, 11) is 1.64. The quantitative estimate of drug-likeness (QED) is 0.920. The van der Waals surface area contributed by atoms with E-state index in [0.717, 1.165) is 35.5 Å². The van der Waals surface area contributed by atoms with Crippen LogP contribution in [0.2, 0.25) is 5.02 Å². The molecule has 0 amide bonds. The summed E-state index contributed by atoms with van der Waals surface area (Å²) >= 11 is 6.26. The molecule has 0 radical (unpaired) electrons. The lowest BCUT2D eigenvalue weighted by atomic mass is 10.0. The topological polar surface area (TPSA) is 53.1 Å². The van der Waals surface area contributed by atoms with Gasteiger partial charge in [-0.3, -0.25) is 4.68 Å². The van der Waals surface area contributed by atoms with Crippen molar-refractivity contribution in [1.29, 1.82) is 0 Å². The summed E-state index contributed by atoms with van der Waals surface area (Å²) in [6.07, 6.45) is 2.62. The van der Waals surface area contributed by atoms with Crippen LogP contribution in [0.5, 0.6) is 5.75 Å². The number of nitrogens with two attached hydrogens (primary N) is 1. The van der Waals surface area contributed by atoms with Crippen molar-refractivity contribution in [2.45, 2.75) is 32.9 Å². The molecule has 108 valence electrons. The number of halogens is 1. The Hall–Kier alpha value is -1.52. The van der Waals surface area contributed by atoms with E-state index >= 15 is 0 Å². The fraction of sp³-hybridized carbons (Fsp3) is 0.400. The molecule has 0 aliphatic heterocycles. The van der Waals surface area contributed by atoms with Crippen LogP contribution in [0.15, 0.2) is 24.4 Å². The van der Waals surface area contributed by atoms with Crippen LogP contribution in [0.3, 0.4) is 0 Å². The van der Waals surface area contributed by atoms with Gasteiger partial charge in [0.25, 0.3) is 0 Å². The Kier molecular flexibility index (Phi) is 4.68. The second kappa shape index (κ2) is 6.29. The third-order valence-electron chi connectivity index (χ3n) is 3.28. The SMILES string of the molecule is CCCn1ncc(Cl)c1C(N)c1cc(C)ccc1OC. The summed E-state index contributed by atoms with van der Waals surface area (Å²) in [5, 5.41) is 4.89. The Balaban J connectivity index is 2.48. The zero-order valence-corrected chi connectivity index (χ0v) is 12.8. The minimum absolute atomic E-state index is 0.355. The average molecular weight is 294 g/mol. The van der Waals surface area contributed by atoms with Crippen LogP contribution in [0.4, 0.5) is 0 Å². The summed E-state index contributed by atoms with van der Waals surface area (Å²) in [5.41, 5.74) is 9.30. The van der Waals surface area contributed by atoms with Gasteiger partial charge >= 0.3 is 0 Å². The molecule has 1 aromatic heterocycles. The number of benzene rings is 1. The van der Waals surface area contributed by atoms with Gasteiger partial charge in [-0.2, -0.15) is 5.10 Å². The van der Waals surface area contributed by atoms with Crippen LogP contribution in [-0.2, 0) is 6.54 Å². The molecule has 1 heterocycles. The number of nitrogens with zero attached hydrogens (tertiary/aromatic N) is 2. The van der Waals surface area contributed by atoms with Gasteiger partial charge in [0.2, 0.25) is 0 Å². The lowest BCUT2D eigenvalue weighted by molar-refractivity contribution is 0.406. The van der Waals surface area contributed by atoms with E-state index in [9.17, 15) is 0 Å². The van der Waals surface area contributed by atoms with Crippen molar-refractivity contribution < 1.29 is 4.74 Å². The number of ether oxygens (including phenoxy) is 1. The minimum Gasteiger partial charge on any atom is -0.496 e. The predicted octanol–water partition coefficient (Wildman–Crippen LogP) is 3.31. The van der Waals surface area contributed by atoms with Gasteiger partial charge < -0.3 is 10.5 Å². The maximum Gasteiger partial charge on any atom is 0.124 e. The van der Waals surface area contributed by atoms with Crippen LogP contribution >= 0.6 is 11.6 Å². The largest absolute Gasteiger partial charge is 0.496 e. The molecule has 0 spiro atoms. The standard InChI is InChI=1S/C15H20ClN3O/c1-4-7-19-15(12(16)9-18-19)14(17)11-8-10(2)5-6-13(11)20-3/h5-6,8-9,14H,4,7,17H2,1-3H3. The molecule has 0 fully saturated rings. The highest BCUT2D eigenvalue weighted by Crippen LogP contribution is 2.32. The van der Waals surface area contributed by atoms with Gasteiger partial charge in [0.1, 0.15) is 5.75 Å². The van der Waals surface area contributed by atoms with Gasteiger partial charge in [0.05, 0.1) is 30.1 Å². The molecule has 0 saturated carbocycles. The normalized spacial score (nSPS) is 12.4. The molecule has 1 atom stereocenters. The zero-order valence-electron chi connectivity index (χ0n) is 12.1. The van der Waals surface area contributed by atoms with Gasteiger partial charge in [0.15, 0.2) is 0 Å². The van der Waals surface area contributed by atoms with Crippen molar-refractivity contribution in [2.75, 3.05) is 7.11 Å². The van der Waals surface area contributed by atoms with Crippen LogP contribution in [0.25, 0.3) is 0 Å². The lowest BCUT2D eigenvalue weighted by Gasteiger charge is -2.18. The first-order chi connectivity index (χ1) is 9.58. The summed E-state index contributed by atoms with van der Waals surface area (Å²) < 4.78 is 7.28. The molecule has 5 heteroatoms. The highest BCUT2D eigenvalue weighted by atomic mass is 35.5. The van der Waals surface area contributed by atoms with E-state index < -0.39 is 0 Å². The molecule has 2 rings (SSSR count). The maximum absolute atomic E-state index is 6.41. The van der Waals surface area contributed by atoms with Crippen LogP contribution in [0.1, 0.15) is 36.2 Å². The summed E-state index contributed by atoms with van der Waals surface area (Å²) in [4.78, 5) is 0. The monoisotopic (exact) mass is 293 g/mol. The molecule has 0 saturated heterocycles. The van der Waals surface area contributed by atoms with E-state index in [1.54, 1.807) is 13.3 Å². The number of hydrogen-bond acceptors (Lipinski definition) is 3. The van der Waals surface area contributed by atoms with Crippen molar-refractivity contribution in [1.82, 2.24) is 9.78 Å². The molecule has 2 aromatic rings. The van der Waals surface area contributed by atoms with Crippen LogP contribution < -0.4 is 10.5 Å². The first-order valence-corrected chi connectivity index (χ1v) is 7.07. The fourth-order valence-corrected chi connectivity index (χ4v) is 2.57. The first kappa shape index (κ1) is 14.9. The Labute approximate surface area is 124 Å². The lowest BCUT2D eigenvalue weighted by Crippen LogP contribution is -2.19. The van der Waals surface area contributed by atoms with Gasteiger partial charge in [-0.05, 0) is 19.4 Å². The van der Waals surface area contributed by atoms with Crippen LogP contribution in [0, 0.1) is 6.92 Å². The number of rotatable bonds is 5. The highest BCUT2D eigenvalue weighted by molar-refractivity contribution is 6.31. The molecule has 20 heavy (non-hydrogen) atoms. The number of aromatic nitrogens is 2. The predicted molar refractivity (Wildman–Crippen MR) is 81.3 cm³/mol. The second-order valence-electron chi connectivity index (χ2n) is 4.82. The molecular formula is C15H20ClN3O. The molecule has 0 bridgehead atoms. The Morgan fingerprint density at radius 3 is 2.85 bits per heavy atom. The summed E-state index contributed by atoms with van der Waals surface area (Å²) in [6, 6.07) is 5.61. The first-order valence-electron chi connectivity index (χ1n) is 6.69. The van der Waals surface area contributed by atoms with E-state index in [1.807, 2.05) is 29.8 Å². The Bertz CT molecular complexity index is 595. The Morgan fingerprint density at radius 1 is 1.45 bits per heavy atom. The molecule has 0 aliphatic carbocycles.